The Morgan fingerprint density at radius 1 is 1.33 bits per heavy atom. The standard InChI is InChI=1S/C17H27FN2O/c1-3-4-6-16(20-11-5-9-19-10-12-20)14-7-8-17(21-2)15(18)13-14/h7-8,13,16,19H,3-6,9-12H2,1-2H3. The van der Waals surface area contributed by atoms with Crippen LogP contribution in [0.1, 0.15) is 44.2 Å². The minimum Gasteiger partial charge on any atom is -0.494 e. The van der Waals surface area contributed by atoms with Gasteiger partial charge < -0.3 is 10.1 Å². The molecule has 4 heteroatoms. The van der Waals surface area contributed by atoms with E-state index in [4.69, 9.17) is 4.74 Å². The lowest BCUT2D eigenvalue weighted by Crippen LogP contribution is -2.32. The lowest BCUT2D eigenvalue weighted by molar-refractivity contribution is 0.196. The molecule has 1 atom stereocenters. The summed E-state index contributed by atoms with van der Waals surface area (Å²) in [6, 6.07) is 5.72. The topological polar surface area (TPSA) is 24.5 Å². The fourth-order valence-corrected chi connectivity index (χ4v) is 3.03. The molecule has 0 saturated carbocycles. The third kappa shape index (κ3) is 4.42. The summed E-state index contributed by atoms with van der Waals surface area (Å²) in [5.41, 5.74) is 1.07. The summed E-state index contributed by atoms with van der Waals surface area (Å²) in [5.74, 6) is 0.0648. The van der Waals surface area contributed by atoms with E-state index in [0.29, 0.717) is 11.8 Å². The van der Waals surface area contributed by atoms with E-state index < -0.39 is 0 Å². The van der Waals surface area contributed by atoms with Crippen LogP contribution >= 0.6 is 0 Å². The van der Waals surface area contributed by atoms with E-state index in [-0.39, 0.29) is 5.82 Å². The highest BCUT2D eigenvalue weighted by Gasteiger charge is 2.22. The predicted molar refractivity (Wildman–Crippen MR) is 84.3 cm³/mol. The zero-order chi connectivity index (χ0) is 15.1. The first kappa shape index (κ1) is 16.2. The molecule has 1 saturated heterocycles. The van der Waals surface area contributed by atoms with Crippen molar-refractivity contribution in [1.29, 1.82) is 0 Å². The maximum Gasteiger partial charge on any atom is 0.165 e. The molecule has 3 nitrogen and oxygen atoms in total. The number of benzene rings is 1. The van der Waals surface area contributed by atoms with Gasteiger partial charge in [-0.1, -0.05) is 25.8 Å². The molecule has 0 aromatic heterocycles. The van der Waals surface area contributed by atoms with Crippen LogP contribution in [0.15, 0.2) is 18.2 Å². The van der Waals surface area contributed by atoms with Crippen LogP contribution in [0.5, 0.6) is 5.75 Å². The van der Waals surface area contributed by atoms with Crippen molar-refractivity contribution < 1.29 is 9.13 Å². The fraction of sp³-hybridized carbons (Fsp3) is 0.647. The van der Waals surface area contributed by atoms with Crippen LogP contribution in [0.2, 0.25) is 0 Å². The number of hydrogen-bond donors (Lipinski definition) is 1. The van der Waals surface area contributed by atoms with Gasteiger partial charge in [-0.2, -0.15) is 0 Å². The van der Waals surface area contributed by atoms with Gasteiger partial charge in [0, 0.05) is 25.7 Å². The van der Waals surface area contributed by atoms with Crippen molar-refractivity contribution in [2.24, 2.45) is 0 Å². The molecule has 0 bridgehead atoms. The maximum atomic E-state index is 14.0. The number of unbranched alkanes of at least 4 members (excludes halogenated alkanes) is 1. The first-order chi connectivity index (χ1) is 10.3. The van der Waals surface area contributed by atoms with Gasteiger partial charge >= 0.3 is 0 Å². The third-order valence-corrected chi connectivity index (χ3v) is 4.21. The van der Waals surface area contributed by atoms with Gasteiger partial charge in [-0.05, 0) is 37.1 Å². The summed E-state index contributed by atoms with van der Waals surface area (Å²) < 4.78 is 19.1. The minimum absolute atomic E-state index is 0.260. The van der Waals surface area contributed by atoms with Crippen molar-refractivity contribution in [3.8, 4) is 5.75 Å². The van der Waals surface area contributed by atoms with Gasteiger partial charge in [-0.15, -0.1) is 0 Å². The molecule has 0 amide bonds. The van der Waals surface area contributed by atoms with Crippen molar-refractivity contribution in [1.82, 2.24) is 10.2 Å². The molecule has 0 aliphatic carbocycles. The van der Waals surface area contributed by atoms with Crippen molar-refractivity contribution in [3.05, 3.63) is 29.6 Å². The highest BCUT2D eigenvalue weighted by molar-refractivity contribution is 5.31. The van der Waals surface area contributed by atoms with Crippen LogP contribution in [0, 0.1) is 5.82 Å². The Balaban J connectivity index is 2.19. The summed E-state index contributed by atoms with van der Waals surface area (Å²) in [4.78, 5) is 2.50. The molecule has 0 radical (unpaired) electrons. The molecule has 1 aromatic carbocycles. The number of hydrogen-bond acceptors (Lipinski definition) is 3. The normalized spacial score (nSPS) is 18.2. The SMILES string of the molecule is CCCCC(c1ccc(OC)c(F)c1)N1CCCNCC1. The zero-order valence-electron chi connectivity index (χ0n) is 13.2. The highest BCUT2D eigenvalue weighted by atomic mass is 19.1. The number of nitrogens with one attached hydrogen (secondary N) is 1. The molecule has 1 N–H and O–H groups in total. The van der Waals surface area contributed by atoms with Crippen molar-refractivity contribution >= 4 is 0 Å². The monoisotopic (exact) mass is 294 g/mol. The molecule has 118 valence electrons. The summed E-state index contributed by atoms with van der Waals surface area (Å²) in [5, 5.41) is 3.43. The number of rotatable bonds is 6. The molecular formula is C17H27FN2O. The smallest absolute Gasteiger partial charge is 0.165 e. The van der Waals surface area contributed by atoms with Crippen LogP contribution in [-0.4, -0.2) is 38.2 Å². The van der Waals surface area contributed by atoms with Gasteiger partial charge in [-0.3, -0.25) is 4.90 Å². The number of halogens is 1. The van der Waals surface area contributed by atoms with Crippen LogP contribution < -0.4 is 10.1 Å². The second-order valence-corrected chi connectivity index (χ2v) is 5.69. The van der Waals surface area contributed by atoms with Gasteiger partial charge in [0.15, 0.2) is 11.6 Å². The lowest BCUT2D eigenvalue weighted by atomic mass is 9.98. The van der Waals surface area contributed by atoms with Crippen molar-refractivity contribution in [2.75, 3.05) is 33.3 Å². The summed E-state index contributed by atoms with van der Waals surface area (Å²) >= 11 is 0. The van der Waals surface area contributed by atoms with E-state index in [1.54, 1.807) is 12.1 Å². The molecule has 1 fully saturated rings. The Kier molecular flexibility index (Phi) is 6.46. The summed E-state index contributed by atoms with van der Waals surface area (Å²) in [7, 11) is 1.51. The van der Waals surface area contributed by atoms with Crippen LogP contribution in [0.25, 0.3) is 0 Å². The highest BCUT2D eigenvalue weighted by Crippen LogP contribution is 2.30. The first-order valence-corrected chi connectivity index (χ1v) is 8.04. The Labute approximate surface area is 127 Å². The molecule has 1 aliphatic rings. The molecule has 0 spiro atoms. The summed E-state index contributed by atoms with van der Waals surface area (Å²) in [6.45, 7) is 6.40. The molecule has 2 rings (SSSR count). The number of ether oxygens (including phenoxy) is 1. The molecule has 1 aliphatic heterocycles. The second-order valence-electron chi connectivity index (χ2n) is 5.69. The quantitative estimate of drug-likeness (QED) is 0.870. The second kappa shape index (κ2) is 8.35. The van der Waals surface area contributed by atoms with Gasteiger partial charge in [-0.25, -0.2) is 4.39 Å². The van der Waals surface area contributed by atoms with Gasteiger partial charge in [0.05, 0.1) is 7.11 Å². The zero-order valence-corrected chi connectivity index (χ0v) is 13.2. The molecular weight excluding hydrogens is 267 g/mol. The predicted octanol–water partition coefficient (Wildman–Crippen LogP) is 3.36. The molecule has 1 aromatic rings. The average molecular weight is 294 g/mol. The Morgan fingerprint density at radius 2 is 2.19 bits per heavy atom. The molecule has 1 unspecified atom stereocenters. The lowest BCUT2D eigenvalue weighted by Gasteiger charge is -2.31. The minimum atomic E-state index is -0.260. The van der Waals surface area contributed by atoms with E-state index in [2.05, 4.69) is 17.1 Å². The van der Waals surface area contributed by atoms with Crippen LogP contribution in [-0.2, 0) is 0 Å². The van der Waals surface area contributed by atoms with Crippen molar-refractivity contribution in [2.45, 2.75) is 38.6 Å². The van der Waals surface area contributed by atoms with E-state index in [0.717, 1.165) is 44.6 Å². The van der Waals surface area contributed by atoms with E-state index in [1.807, 2.05) is 6.07 Å². The number of methoxy groups -OCH3 is 1. The van der Waals surface area contributed by atoms with Gasteiger partial charge in [0.2, 0.25) is 0 Å². The van der Waals surface area contributed by atoms with Gasteiger partial charge in [0.1, 0.15) is 0 Å². The Bertz CT molecular complexity index is 431. The van der Waals surface area contributed by atoms with E-state index in [9.17, 15) is 4.39 Å². The Hall–Kier alpha value is -1.13. The maximum absolute atomic E-state index is 14.0. The largest absolute Gasteiger partial charge is 0.494 e. The van der Waals surface area contributed by atoms with Crippen LogP contribution in [0.3, 0.4) is 0 Å². The molecule has 21 heavy (non-hydrogen) atoms. The average Bonchev–Trinajstić information content (AvgIpc) is 2.77. The van der Waals surface area contributed by atoms with Gasteiger partial charge in [0.25, 0.3) is 0 Å². The number of nitrogens with zero attached hydrogens (tertiary/aromatic N) is 1. The Morgan fingerprint density at radius 3 is 2.90 bits per heavy atom. The fourth-order valence-electron chi connectivity index (χ4n) is 3.03. The van der Waals surface area contributed by atoms with Crippen LogP contribution in [0.4, 0.5) is 4.39 Å². The summed E-state index contributed by atoms with van der Waals surface area (Å²) in [6.07, 6.45) is 4.58. The van der Waals surface area contributed by atoms with E-state index >= 15 is 0 Å². The third-order valence-electron chi connectivity index (χ3n) is 4.21. The van der Waals surface area contributed by atoms with E-state index in [1.165, 1.54) is 20.0 Å². The molecule has 1 heterocycles. The van der Waals surface area contributed by atoms with Crippen molar-refractivity contribution in [3.63, 3.8) is 0 Å². The first-order valence-electron chi connectivity index (χ1n) is 8.04.